The molecule has 0 bridgehead atoms. The van der Waals surface area contributed by atoms with Gasteiger partial charge in [0.25, 0.3) is 0 Å². The van der Waals surface area contributed by atoms with E-state index >= 15 is 0 Å². The first-order valence-electron chi connectivity index (χ1n) is 7.58. The smallest absolute Gasteiger partial charge is 0.145 e. The summed E-state index contributed by atoms with van der Waals surface area (Å²) in [6.07, 6.45) is 2.09. The summed E-state index contributed by atoms with van der Waals surface area (Å²) in [5, 5.41) is 4.25. The molecule has 0 aliphatic carbocycles. The maximum atomic E-state index is 5.59. The second-order valence-corrected chi connectivity index (χ2v) is 6.65. The van der Waals surface area contributed by atoms with Crippen LogP contribution in [0.5, 0.6) is 0 Å². The summed E-state index contributed by atoms with van der Waals surface area (Å²) in [5.74, 6) is 0. The fourth-order valence-electron chi connectivity index (χ4n) is 2.62. The summed E-state index contributed by atoms with van der Waals surface area (Å²) in [6.45, 7) is 3.99. The Bertz CT molecular complexity index is 638. The normalized spacial score (nSPS) is 17.6. The molecule has 2 aromatic rings. The number of oxime groups is 1. The van der Waals surface area contributed by atoms with Crippen LogP contribution in [0.4, 0.5) is 0 Å². The van der Waals surface area contributed by atoms with Crippen molar-refractivity contribution in [3.63, 3.8) is 0 Å². The molecule has 0 spiro atoms. The van der Waals surface area contributed by atoms with Crippen LogP contribution in [0.3, 0.4) is 0 Å². The maximum Gasteiger partial charge on any atom is 0.145 e. The van der Waals surface area contributed by atoms with E-state index in [1.165, 1.54) is 4.88 Å². The summed E-state index contributed by atoms with van der Waals surface area (Å²) in [6, 6.07) is 10.3. The summed E-state index contributed by atoms with van der Waals surface area (Å²) in [5.41, 5.74) is 5.29. The molecule has 0 saturated heterocycles. The summed E-state index contributed by atoms with van der Waals surface area (Å²) in [7, 11) is 2.14. The number of aromatic nitrogens is 1. The molecule has 2 heterocycles. The largest absolute Gasteiger partial charge is 0.390 e. The van der Waals surface area contributed by atoms with E-state index in [2.05, 4.69) is 41.1 Å². The van der Waals surface area contributed by atoms with Gasteiger partial charge in [-0.15, -0.1) is 11.3 Å². The predicted octanol–water partition coefficient (Wildman–Crippen LogP) is 3.12. The Morgan fingerprint density at radius 2 is 2.14 bits per heavy atom. The highest BCUT2D eigenvalue weighted by Crippen LogP contribution is 2.18. The van der Waals surface area contributed by atoms with Crippen LogP contribution in [0, 0.1) is 6.92 Å². The molecule has 1 unspecified atom stereocenters. The lowest BCUT2D eigenvalue weighted by Crippen LogP contribution is -2.31. The number of nitrogens with zero attached hydrogens (tertiary/aromatic N) is 3. The van der Waals surface area contributed by atoms with E-state index in [1.807, 2.05) is 23.7 Å². The van der Waals surface area contributed by atoms with E-state index < -0.39 is 0 Å². The first kappa shape index (κ1) is 15.2. The van der Waals surface area contributed by atoms with Crippen molar-refractivity contribution in [1.82, 2.24) is 9.88 Å². The number of likely N-dealkylation sites (N-methyl/N-ethyl adjacent to an activating group) is 1. The molecule has 4 nitrogen and oxygen atoms in total. The molecule has 0 radical (unpaired) electrons. The lowest BCUT2D eigenvalue weighted by Gasteiger charge is -2.19. The molecule has 0 N–H and O–H groups in total. The first-order chi connectivity index (χ1) is 10.7. The van der Waals surface area contributed by atoms with Gasteiger partial charge in [0.1, 0.15) is 6.10 Å². The molecule has 3 rings (SSSR count). The van der Waals surface area contributed by atoms with Crippen LogP contribution in [0.2, 0.25) is 0 Å². The Morgan fingerprint density at radius 1 is 1.32 bits per heavy atom. The summed E-state index contributed by atoms with van der Waals surface area (Å²) >= 11 is 1.74. The third-order valence-corrected chi connectivity index (χ3v) is 4.92. The second kappa shape index (κ2) is 7.03. The Morgan fingerprint density at radius 3 is 2.86 bits per heavy atom. The Kier molecular flexibility index (Phi) is 4.85. The van der Waals surface area contributed by atoms with E-state index in [4.69, 9.17) is 4.84 Å². The molecular formula is C17H21N3OS. The van der Waals surface area contributed by atoms with Crippen molar-refractivity contribution >= 4 is 17.0 Å². The number of hydrogen-bond donors (Lipinski definition) is 0. The van der Waals surface area contributed by atoms with Crippen molar-refractivity contribution in [2.75, 3.05) is 20.1 Å². The molecule has 0 fully saturated rings. The van der Waals surface area contributed by atoms with Gasteiger partial charge >= 0.3 is 0 Å². The van der Waals surface area contributed by atoms with Crippen molar-refractivity contribution < 1.29 is 4.84 Å². The van der Waals surface area contributed by atoms with Crippen molar-refractivity contribution in [1.29, 1.82) is 0 Å². The summed E-state index contributed by atoms with van der Waals surface area (Å²) in [4.78, 5) is 13.6. The van der Waals surface area contributed by atoms with Crippen LogP contribution in [0.15, 0.2) is 41.0 Å². The van der Waals surface area contributed by atoms with Crippen LogP contribution in [-0.4, -0.2) is 41.8 Å². The van der Waals surface area contributed by atoms with Crippen molar-refractivity contribution in [2.24, 2.45) is 5.16 Å². The van der Waals surface area contributed by atoms with Gasteiger partial charge in [-0.3, -0.25) is 0 Å². The fourth-order valence-corrected chi connectivity index (χ4v) is 3.40. The van der Waals surface area contributed by atoms with E-state index in [-0.39, 0.29) is 6.10 Å². The maximum absolute atomic E-state index is 5.59. The van der Waals surface area contributed by atoms with E-state index in [0.29, 0.717) is 0 Å². The van der Waals surface area contributed by atoms with Crippen molar-refractivity contribution in [3.05, 3.63) is 52.0 Å². The van der Waals surface area contributed by atoms with Gasteiger partial charge in [0.2, 0.25) is 0 Å². The topological polar surface area (TPSA) is 37.7 Å². The minimum atomic E-state index is 0.155. The second-order valence-electron chi connectivity index (χ2n) is 5.71. The molecule has 1 aliphatic rings. The zero-order chi connectivity index (χ0) is 15.4. The van der Waals surface area contributed by atoms with Crippen LogP contribution in [0.25, 0.3) is 0 Å². The number of thiazole rings is 1. The number of benzene rings is 1. The molecule has 0 amide bonds. The molecule has 1 atom stereocenters. The zero-order valence-corrected chi connectivity index (χ0v) is 13.8. The van der Waals surface area contributed by atoms with Gasteiger partial charge in [0.05, 0.1) is 16.9 Å². The minimum absolute atomic E-state index is 0.155. The molecular weight excluding hydrogens is 294 g/mol. The first-order valence-corrected chi connectivity index (χ1v) is 8.46. The summed E-state index contributed by atoms with van der Waals surface area (Å²) < 4.78 is 0. The number of rotatable bonds is 6. The van der Waals surface area contributed by atoms with Crippen molar-refractivity contribution in [2.45, 2.75) is 25.9 Å². The number of aryl methyl sites for hydroxylation is 1. The minimum Gasteiger partial charge on any atom is -0.390 e. The van der Waals surface area contributed by atoms with Crippen LogP contribution < -0.4 is 0 Å². The standard InChI is InChI=1S/C17H21N3OS/c1-13-17(22-12-18-13)8-9-20(2)11-15-10-16(19-21-15)14-6-4-3-5-7-14/h3-7,12,15H,8-11H2,1-2H3. The lowest BCUT2D eigenvalue weighted by molar-refractivity contribution is 0.0597. The molecule has 116 valence electrons. The van der Waals surface area contributed by atoms with Gasteiger partial charge in [-0.05, 0) is 26.0 Å². The molecule has 5 heteroatoms. The van der Waals surface area contributed by atoms with E-state index in [9.17, 15) is 0 Å². The highest BCUT2D eigenvalue weighted by atomic mass is 32.1. The van der Waals surface area contributed by atoms with Gasteiger partial charge in [-0.2, -0.15) is 0 Å². The van der Waals surface area contributed by atoms with E-state index in [0.717, 1.165) is 42.9 Å². The SMILES string of the molecule is Cc1ncsc1CCN(C)CC1CC(c2ccccc2)=NO1. The zero-order valence-electron chi connectivity index (χ0n) is 13.0. The highest BCUT2D eigenvalue weighted by Gasteiger charge is 2.23. The average molecular weight is 315 g/mol. The van der Waals surface area contributed by atoms with Crippen LogP contribution >= 0.6 is 11.3 Å². The third kappa shape index (κ3) is 3.72. The van der Waals surface area contributed by atoms with Crippen LogP contribution in [0.1, 0.15) is 22.6 Å². The lowest BCUT2D eigenvalue weighted by atomic mass is 10.1. The molecule has 1 aromatic carbocycles. The average Bonchev–Trinajstić information content (AvgIpc) is 3.15. The van der Waals surface area contributed by atoms with Gasteiger partial charge in [0, 0.05) is 24.4 Å². The third-order valence-electron chi connectivity index (χ3n) is 3.92. The van der Waals surface area contributed by atoms with Gasteiger partial charge in [-0.1, -0.05) is 35.5 Å². The van der Waals surface area contributed by atoms with Gasteiger partial charge in [0.15, 0.2) is 0 Å². The molecule has 1 aromatic heterocycles. The quantitative estimate of drug-likeness (QED) is 0.822. The Balaban J connectivity index is 1.46. The fraction of sp³-hybridized carbons (Fsp3) is 0.412. The van der Waals surface area contributed by atoms with Gasteiger partial charge < -0.3 is 9.74 Å². The number of hydrogen-bond acceptors (Lipinski definition) is 5. The Labute approximate surface area is 135 Å². The predicted molar refractivity (Wildman–Crippen MR) is 90.5 cm³/mol. The van der Waals surface area contributed by atoms with Crippen LogP contribution in [-0.2, 0) is 11.3 Å². The highest BCUT2D eigenvalue weighted by molar-refractivity contribution is 7.09. The molecule has 0 saturated carbocycles. The monoisotopic (exact) mass is 315 g/mol. The molecule has 1 aliphatic heterocycles. The van der Waals surface area contributed by atoms with Crippen molar-refractivity contribution in [3.8, 4) is 0 Å². The Hall–Kier alpha value is -1.72. The van der Waals surface area contributed by atoms with E-state index in [1.54, 1.807) is 11.3 Å². The molecule has 22 heavy (non-hydrogen) atoms. The van der Waals surface area contributed by atoms with Gasteiger partial charge in [-0.25, -0.2) is 4.98 Å².